The third kappa shape index (κ3) is 3.18. The molecule has 0 saturated heterocycles. The molecular formula is C13H25NO. The number of aliphatic hydroxyl groups excluding tert-OH is 1. The van der Waals surface area contributed by atoms with Crippen LogP contribution in [0.3, 0.4) is 0 Å². The zero-order chi connectivity index (χ0) is 10.7. The molecule has 1 N–H and O–H groups in total. The molecule has 2 heteroatoms. The Morgan fingerprint density at radius 2 is 1.80 bits per heavy atom. The number of hydrogen-bond donors (Lipinski definition) is 1. The van der Waals surface area contributed by atoms with E-state index in [1.807, 2.05) is 0 Å². The number of aliphatic hydroxyl groups is 1. The standard InChI is InChI=1S/C13H25NO/c1-14(10-11-5-2-3-6-11)12-7-4-8-13(15)9-12/h11-13,15H,2-10H2,1H3. The van der Waals surface area contributed by atoms with Crippen molar-refractivity contribution in [1.82, 2.24) is 4.90 Å². The highest BCUT2D eigenvalue weighted by Gasteiger charge is 2.25. The van der Waals surface area contributed by atoms with E-state index in [4.69, 9.17) is 0 Å². The zero-order valence-corrected chi connectivity index (χ0v) is 9.99. The average Bonchev–Trinajstić information content (AvgIpc) is 2.70. The highest BCUT2D eigenvalue weighted by atomic mass is 16.3. The minimum Gasteiger partial charge on any atom is -0.393 e. The fourth-order valence-corrected chi connectivity index (χ4v) is 3.29. The second-order valence-electron chi connectivity index (χ2n) is 5.56. The van der Waals surface area contributed by atoms with Crippen LogP contribution in [-0.4, -0.2) is 35.7 Å². The van der Waals surface area contributed by atoms with Crippen molar-refractivity contribution >= 4 is 0 Å². The van der Waals surface area contributed by atoms with Crippen LogP contribution in [-0.2, 0) is 0 Å². The molecule has 2 unspecified atom stereocenters. The van der Waals surface area contributed by atoms with E-state index >= 15 is 0 Å². The molecule has 0 amide bonds. The molecule has 0 spiro atoms. The fraction of sp³-hybridized carbons (Fsp3) is 1.00. The van der Waals surface area contributed by atoms with Crippen LogP contribution in [0.25, 0.3) is 0 Å². The molecule has 0 heterocycles. The maximum absolute atomic E-state index is 9.66. The van der Waals surface area contributed by atoms with E-state index in [-0.39, 0.29) is 6.10 Å². The molecule has 88 valence electrons. The smallest absolute Gasteiger partial charge is 0.0555 e. The molecule has 2 aliphatic carbocycles. The third-order valence-electron chi connectivity index (χ3n) is 4.26. The Labute approximate surface area is 93.7 Å². The molecule has 0 radical (unpaired) electrons. The SMILES string of the molecule is CN(CC1CCCC1)C1CCCC(O)C1. The lowest BCUT2D eigenvalue weighted by molar-refractivity contribution is 0.0669. The van der Waals surface area contributed by atoms with Gasteiger partial charge in [0.25, 0.3) is 0 Å². The molecule has 0 aromatic heterocycles. The Morgan fingerprint density at radius 3 is 2.47 bits per heavy atom. The first-order chi connectivity index (χ1) is 7.25. The van der Waals surface area contributed by atoms with Gasteiger partial charge in [0, 0.05) is 12.6 Å². The number of rotatable bonds is 3. The number of hydrogen-bond acceptors (Lipinski definition) is 2. The molecule has 2 nitrogen and oxygen atoms in total. The van der Waals surface area contributed by atoms with Gasteiger partial charge in [-0.3, -0.25) is 0 Å². The Kier molecular flexibility index (Phi) is 4.04. The Bertz CT molecular complexity index is 189. The van der Waals surface area contributed by atoms with E-state index in [1.165, 1.54) is 45.1 Å². The topological polar surface area (TPSA) is 23.5 Å². The minimum absolute atomic E-state index is 0.0326. The molecular weight excluding hydrogens is 186 g/mol. The predicted molar refractivity (Wildman–Crippen MR) is 62.9 cm³/mol. The minimum atomic E-state index is -0.0326. The second-order valence-corrected chi connectivity index (χ2v) is 5.56. The van der Waals surface area contributed by atoms with Gasteiger partial charge in [-0.05, 0) is 51.5 Å². The monoisotopic (exact) mass is 211 g/mol. The van der Waals surface area contributed by atoms with Gasteiger partial charge in [0.15, 0.2) is 0 Å². The van der Waals surface area contributed by atoms with Crippen molar-refractivity contribution < 1.29 is 5.11 Å². The van der Waals surface area contributed by atoms with Crippen LogP contribution < -0.4 is 0 Å². The van der Waals surface area contributed by atoms with Gasteiger partial charge < -0.3 is 10.0 Å². The second kappa shape index (κ2) is 5.31. The van der Waals surface area contributed by atoms with Crippen LogP contribution >= 0.6 is 0 Å². The molecule has 2 atom stereocenters. The van der Waals surface area contributed by atoms with Gasteiger partial charge in [-0.15, -0.1) is 0 Å². The van der Waals surface area contributed by atoms with E-state index in [9.17, 15) is 5.11 Å². The first-order valence-corrected chi connectivity index (χ1v) is 6.64. The largest absolute Gasteiger partial charge is 0.393 e. The van der Waals surface area contributed by atoms with Crippen molar-refractivity contribution in [3.05, 3.63) is 0 Å². The molecule has 2 rings (SSSR count). The Morgan fingerprint density at radius 1 is 1.07 bits per heavy atom. The summed E-state index contributed by atoms with van der Waals surface area (Å²) >= 11 is 0. The summed E-state index contributed by atoms with van der Waals surface area (Å²) in [5.74, 6) is 0.939. The van der Waals surface area contributed by atoms with Crippen LogP contribution in [0, 0.1) is 5.92 Å². The van der Waals surface area contributed by atoms with Gasteiger partial charge >= 0.3 is 0 Å². The first-order valence-electron chi connectivity index (χ1n) is 6.64. The van der Waals surface area contributed by atoms with Crippen molar-refractivity contribution in [2.24, 2.45) is 5.92 Å². The molecule has 15 heavy (non-hydrogen) atoms. The highest BCUT2D eigenvalue weighted by molar-refractivity contribution is 4.80. The van der Waals surface area contributed by atoms with Gasteiger partial charge in [-0.25, -0.2) is 0 Å². The third-order valence-corrected chi connectivity index (χ3v) is 4.26. The van der Waals surface area contributed by atoms with Crippen molar-refractivity contribution in [3.8, 4) is 0 Å². The quantitative estimate of drug-likeness (QED) is 0.775. The maximum atomic E-state index is 9.66. The summed E-state index contributed by atoms with van der Waals surface area (Å²) in [6.07, 6.45) is 10.2. The molecule has 0 aromatic rings. The fourth-order valence-electron chi connectivity index (χ4n) is 3.29. The Hall–Kier alpha value is -0.0800. The average molecular weight is 211 g/mol. The van der Waals surface area contributed by atoms with E-state index in [2.05, 4.69) is 11.9 Å². The molecule has 2 aliphatic rings. The Balaban J connectivity index is 1.76. The molecule has 0 bridgehead atoms. The van der Waals surface area contributed by atoms with Crippen molar-refractivity contribution in [2.75, 3.05) is 13.6 Å². The van der Waals surface area contributed by atoms with Crippen molar-refractivity contribution in [3.63, 3.8) is 0 Å². The summed E-state index contributed by atoms with van der Waals surface area (Å²) in [4.78, 5) is 2.51. The number of nitrogens with zero attached hydrogens (tertiary/aromatic N) is 1. The lowest BCUT2D eigenvalue weighted by Crippen LogP contribution is -2.39. The molecule has 0 aromatic carbocycles. The van der Waals surface area contributed by atoms with E-state index < -0.39 is 0 Å². The van der Waals surface area contributed by atoms with Crippen molar-refractivity contribution in [1.29, 1.82) is 0 Å². The highest BCUT2D eigenvalue weighted by Crippen LogP contribution is 2.28. The van der Waals surface area contributed by atoms with Crippen LogP contribution in [0.1, 0.15) is 51.4 Å². The van der Waals surface area contributed by atoms with E-state index in [0.29, 0.717) is 6.04 Å². The summed E-state index contributed by atoms with van der Waals surface area (Å²) < 4.78 is 0. The van der Waals surface area contributed by atoms with Crippen molar-refractivity contribution in [2.45, 2.75) is 63.5 Å². The first kappa shape index (κ1) is 11.4. The van der Waals surface area contributed by atoms with Gasteiger partial charge in [0.2, 0.25) is 0 Å². The predicted octanol–water partition coefficient (Wildman–Crippen LogP) is 2.41. The zero-order valence-electron chi connectivity index (χ0n) is 9.99. The van der Waals surface area contributed by atoms with Gasteiger partial charge in [-0.2, -0.15) is 0 Å². The summed E-state index contributed by atoms with van der Waals surface area (Å²) in [6, 6.07) is 0.648. The lowest BCUT2D eigenvalue weighted by atomic mass is 9.91. The van der Waals surface area contributed by atoms with Gasteiger partial charge in [-0.1, -0.05) is 12.8 Å². The summed E-state index contributed by atoms with van der Waals surface area (Å²) in [5.41, 5.74) is 0. The van der Waals surface area contributed by atoms with E-state index in [1.54, 1.807) is 0 Å². The van der Waals surface area contributed by atoms with Crippen LogP contribution in [0.4, 0.5) is 0 Å². The van der Waals surface area contributed by atoms with Gasteiger partial charge in [0.1, 0.15) is 0 Å². The van der Waals surface area contributed by atoms with E-state index in [0.717, 1.165) is 18.8 Å². The molecule has 2 fully saturated rings. The summed E-state index contributed by atoms with van der Waals surface area (Å²) in [6.45, 7) is 1.26. The van der Waals surface area contributed by atoms with Crippen LogP contribution in [0.5, 0.6) is 0 Å². The summed E-state index contributed by atoms with van der Waals surface area (Å²) in [5, 5.41) is 9.66. The molecule has 2 saturated carbocycles. The molecule has 0 aliphatic heterocycles. The normalized spacial score (nSPS) is 33.8. The lowest BCUT2D eigenvalue weighted by Gasteiger charge is -2.34. The van der Waals surface area contributed by atoms with Crippen LogP contribution in [0.15, 0.2) is 0 Å². The maximum Gasteiger partial charge on any atom is 0.0555 e. The van der Waals surface area contributed by atoms with Crippen LogP contribution in [0.2, 0.25) is 0 Å². The van der Waals surface area contributed by atoms with Gasteiger partial charge in [0.05, 0.1) is 6.10 Å². The summed E-state index contributed by atoms with van der Waals surface area (Å²) in [7, 11) is 2.25.